The molecule has 0 bridgehead atoms. The molecular formula is C14H26N2O4. The monoisotopic (exact) mass is 286 g/mol. The molecule has 1 saturated heterocycles. The van der Waals surface area contributed by atoms with Gasteiger partial charge in [-0.25, -0.2) is 4.79 Å². The van der Waals surface area contributed by atoms with E-state index in [2.05, 4.69) is 5.32 Å². The molecule has 0 spiro atoms. The minimum Gasteiger partial charge on any atom is -0.444 e. The number of morpholine rings is 1. The molecule has 1 heterocycles. The number of hydrogen-bond donors (Lipinski definition) is 1. The van der Waals surface area contributed by atoms with Crippen LogP contribution in [0.4, 0.5) is 4.79 Å². The van der Waals surface area contributed by atoms with Crippen LogP contribution in [0.1, 0.15) is 41.5 Å². The highest BCUT2D eigenvalue weighted by atomic mass is 16.6. The number of alkyl carbamates (subject to hydrolysis) is 1. The summed E-state index contributed by atoms with van der Waals surface area (Å²) >= 11 is 0. The number of nitrogens with one attached hydrogen (secondary N) is 1. The van der Waals surface area contributed by atoms with Crippen molar-refractivity contribution in [1.29, 1.82) is 0 Å². The number of amides is 2. The molecule has 6 heteroatoms. The van der Waals surface area contributed by atoms with Crippen molar-refractivity contribution >= 4 is 12.0 Å². The van der Waals surface area contributed by atoms with E-state index in [0.29, 0.717) is 13.1 Å². The smallest absolute Gasteiger partial charge is 0.408 e. The van der Waals surface area contributed by atoms with Crippen LogP contribution in [0.25, 0.3) is 0 Å². The second-order valence-electron chi connectivity index (χ2n) is 6.37. The van der Waals surface area contributed by atoms with Gasteiger partial charge in [-0.1, -0.05) is 0 Å². The van der Waals surface area contributed by atoms with Gasteiger partial charge < -0.3 is 19.7 Å². The van der Waals surface area contributed by atoms with Crippen molar-refractivity contribution in [2.45, 2.75) is 65.4 Å². The first-order valence-electron chi connectivity index (χ1n) is 7.02. The van der Waals surface area contributed by atoms with Gasteiger partial charge in [-0.05, 0) is 41.5 Å². The maximum absolute atomic E-state index is 12.3. The number of rotatable bonds is 2. The van der Waals surface area contributed by atoms with Crippen LogP contribution in [0.5, 0.6) is 0 Å². The molecule has 3 atom stereocenters. The minimum atomic E-state index is -0.609. The van der Waals surface area contributed by atoms with Crippen LogP contribution in [-0.4, -0.2) is 53.8 Å². The average molecular weight is 286 g/mol. The molecule has 0 aromatic rings. The van der Waals surface area contributed by atoms with Crippen LogP contribution >= 0.6 is 0 Å². The van der Waals surface area contributed by atoms with Crippen molar-refractivity contribution in [2.24, 2.45) is 0 Å². The summed E-state index contributed by atoms with van der Waals surface area (Å²) in [6.07, 6.45) is -0.555. The lowest BCUT2D eigenvalue weighted by molar-refractivity contribution is -0.144. The molecule has 3 unspecified atom stereocenters. The summed E-state index contributed by atoms with van der Waals surface area (Å²) in [5.74, 6) is -0.113. The molecule has 20 heavy (non-hydrogen) atoms. The third kappa shape index (κ3) is 5.36. The van der Waals surface area contributed by atoms with Gasteiger partial charge in [-0.2, -0.15) is 0 Å². The first-order valence-corrected chi connectivity index (χ1v) is 7.02. The molecule has 0 aromatic heterocycles. The first-order chi connectivity index (χ1) is 9.08. The van der Waals surface area contributed by atoms with Crippen LogP contribution in [0.2, 0.25) is 0 Å². The van der Waals surface area contributed by atoms with Gasteiger partial charge in [-0.15, -0.1) is 0 Å². The van der Waals surface area contributed by atoms with Gasteiger partial charge in [0, 0.05) is 13.1 Å². The van der Waals surface area contributed by atoms with Crippen LogP contribution in [0.3, 0.4) is 0 Å². The van der Waals surface area contributed by atoms with Gasteiger partial charge in [0.1, 0.15) is 11.6 Å². The Bertz CT molecular complexity index is 355. The van der Waals surface area contributed by atoms with E-state index >= 15 is 0 Å². The highest BCUT2D eigenvalue weighted by Crippen LogP contribution is 2.12. The fourth-order valence-electron chi connectivity index (χ4n) is 2.18. The Balaban J connectivity index is 2.52. The Morgan fingerprint density at radius 1 is 1.25 bits per heavy atom. The van der Waals surface area contributed by atoms with Crippen molar-refractivity contribution in [2.75, 3.05) is 13.1 Å². The zero-order chi connectivity index (χ0) is 15.5. The molecular weight excluding hydrogens is 260 g/mol. The molecule has 1 aliphatic rings. The molecule has 1 aliphatic heterocycles. The SMILES string of the molecule is CC1CN(C(=O)C(C)NC(=O)OC(C)(C)C)CC(C)O1. The minimum absolute atomic E-state index is 0.0106. The summed E-state index contributed by atoms with van der Waals surface area (Å²) in [6, 6.07) is -0.609. The lowest BCUT2D eigenvalue weighted by Gasteiger charge is -2.36. The van der Waals surface area contributed by atoms with Gasteiger partial charge in [0.25, 0.3) is 0 Å². The Hall–Kier alpha value is -1.30. The van der Waals surface area contributed by atoms with Crippen LogP contribution in [0.15, 0.2) is 0 Å². The number of carbonyl (C=O) groups excluding carboxylic acids is 2. The van der Waals surface area contributed by atoms with Crippen molar-refractivity contribution in [3.63, 3.8) is 0 Å². The summed E-state index contributed by atoms with van der Waals surface area (Å²) in [4.78, 5) is 25.7. The third-order valence-electron chi connectivity index (χ3n) is 2.83. The maximum atomic E-state index is 12.3. The topological polar surface area (TPSA) is 67.9 Å². The molecule has 0 saturated carbocycles. The van der Waals surface area contributed by atoms with E-state index < -0.39 is 17.7 Å². The van der Waals surface area contributed by atoms with E-state index in [9.17, 15) is 9.59 Å². The fraction of sp³-hybridized carbons (Fsp3) is 0.857. The van der Waals surface area contributed by atoms with E-state index in [0.717, 1.165) is 0 Å². The Morgan fingerprint density at radius 3 is 2.20 bits per heavy atom. The predicted molar refractivity (Wildman–Crippen MR) is 75.4 cm³/mol. The Kier molecular flexibility index (Phi) is 5.39. The van der Waals surface area contributed by atoms with Gasteiger partial charge >= 0.3 is 6.09 Å². The Labute approximate surface area is 120 Å². The molecule has 116 valence electrons. The van der Waals surface area contributed by atoms with E-state index in [-0.39, 0.29) is 18.1 Å². The van der Waals surface area contributed by atoms with E-state index in [4.69, 9.17) is 9.47 Å². The zero-order valence-electron chi connectivity index (χ0n) is 13.2. The van der Waals surface area contributed by atoms with Gasteiger partial charge in [-0.3, -0.25) is 4.79 Å². The van der Waals surface area contributed by atoms with Gasteiger partial charge in [0.2, 0.25) is 5.91 Å². The predicted octanol–water partition coefficient (Wildman–Crippen LogP) is 1.54. The number of nitrogens with zero attached hydrogens (tertiary/aromatic N) is 1. The van der Waals surface area contributed by atoms with E-state index in [1.807, 2.05) is 13.8 Å². The quantitative estimate of drug-likeness (QED) is 0.836. The molecule has 6 nitrogen and oxygen atoms in total. The molecule has 0 aliphatic carbocycles. The fourth-order valence-corrected chi connectivity index (χ4v) is 2.18. The maximum Gasteiger partial charge on any atom is 0.408 e. The molecule has 0 aromatic carbocycles. The molecule has 1 N–H and O–H groups in total. The summed E-state index contributed by atoms with van der Waals surface area (Å²) in [6.45, 7) is 12.0. The summed E-state index contributed by atoms with van der Waals surface area (Å²) in [7, 11) is 0. The second-order valence-corrected chi connectivity index (χ2v) is 6.37. The van der Waals surface area contributed by atoms with Crippen molar-refractivity contribution in [3.8, 4) is 0 Å². The first kappa shape index (κ1) is 16.8. The highest BCUT2D eigenvalue weighted by molar-refractivity contribution is 5.85. The van der Waals surface area contributed by atoms with Crippen LogP contribution < -0.4 is 5.32 Å². The summed E-state index contributed by atoms with van der Waals surface area (Å²) in [5, 5.41) is 2.57. The summed E-state index contributed by atoms with van der Waals surface area (Å²) < 4.78 is 10.7. The number of hydrogen-bond acceptors (Lipinski definition) is 4. The number of ether oxygens (including phenoxy) is 2. The third-order valence-corrected chi connectivity index (χ3v) is 2.83. The Morgan fingerprint density at radius 2 is 1.75 bits per heavy atom. The standard InChI is InChI=1S/C14H26N2O4/c1-9-7-16(8-10(2)19-9)12(17)11(3)15-13(18)20-14(4,5)6/h9-11H,7-8H2,1-6H3,(H,15,18). The number of carbonyl (C=O) groups is 2. The van der Waals surface area contributed by atoms with Crippen LogP contribution in [-0.2, 0) is 14.3 Å². The molecule has 2 amide bonds. The van der Waals surface area contributed by atoms with Crippen molar-refractivity contribution < 1.29 is 19.1 Å². The van der Waals surface area contributed by atoms with Crippen molar-refractivity contribution in [1.82, 2.24) is 10.2 Å². The average Bonchev–Trinajstić information content (AvgIpc) is 2.23. The van der Waals surface area contributed by atoms with Crippen molar-refractivity contribution in [3.05, 3.63) is 0 Å². The van der Waals surface area contributed by atoms with Gasteiger partial charge in [0.05, 0.1) is 12.2 Å². The van der Waals surface area contributed by atoms with Crippen LogP contribution in [0, 0.1) is 0 Å². The zero-order valence-corrected chi connectivity index (χ0v) is 13.2. The van der Waals surface area contributed by atoms with E-state index in [1.165, 1.54) is 0 Å². The lowest BCUT2D eigenvalue weighted by atomic mass is 10.2. The summed E-state index contributed by atoms with van der Waals surface area (Å²) in [5.41, 5.74) is -0.575. The molecule has 1 rings (SSSR count). The highest BCUT2D eigenvalue weighted by Gasteiger charge is 2.30. The lowest BCUT2D eigenvalue weighted by Crippen LogP contribution is -2.54. The largest absolute Gasteiger partial charge is 0.444 e. The normalized spacial score (nSPS) is 25.0. The van der Waals surface area contributed by atoms with Gasteiger partial charge in [0.15, 0.2) is 0 Å². The molecule has 1 fully saturated rings. The second kappa shape index (κ2) is 6.43. The van der Waals surface area contributed by atoms with E-state index in [1.54, 1.807) is 32.6 Å². The molecule has 0 radical (unpaired) electrons.